The van der Waals surface area contributed by atoms with Gasteiger partial charge in [-0.25, -0.2) is 4.39 Å². The first-order valence-corrected chi connectivity index (χ1v) is 9.38. The van der Waals surface area contributed by atoms with Crippen LogP contribution in [0.15, 0.2) is 77.3 Å². The van der Waals surface area contributed by atoms with Crippen LogP contribution in [-0.4, -0.2) is 29.8 Å². The van der Waals surface area contributed by atoms with Crippen LogP contribution in [0.2, 0.25) is 0 Å². The molecule has 4 rings (SSSR count). The van der Waals surface area contributed by atoms with Crippen molar-refractivity contribution in [2.24, 2.45) is 0 Å². The third kappa shape index (κ3) is 4.87. The van der Waals surface area contributed by atoms with Gasteiger partial charge in [-0.15, -0.1) is 0 Å². The molecule has 0 saturated heterocycles. The van der Waals surface area contributed by atoms with E-state index in [0.717, 1.165) is 0 Å². The van der Waals surface area contributed by atoms with Gasteiger partial charge in [0.15, 0.2) is 6.61 Å². The van der Waals surface area contributed by atoms with E-state index in [0.29, 0.717) is 34.1 Å². The number of ether oxygens (including phenoxy) is 2. The zero-order valence-corrected chi connectivity index (χ0v) is 16.5. The van der Waals surface area contributed by atoms with Crippen molar-refractivity contribution in [1.29, 1.82) is 0 Å². The molecule has 4 aromatic rings. The van der Waals surface area contributed by atoms with Gasteiger partial charge in [-0.2, -0.15) is 4.98 Å². The molecule has 31 heavy (non-hydrogen) atoms. The monoisotopic (exact) mass is 419 g/mol. The minimum absolute atomic E-state index is 0.192. The minimum Gasteiger partial charge on any atom is -0.495 e. The van der Waals surface area contributed by atoms with Gasteiger partial charge in [0.1, 0.15) is 17.3 Å². The fourth-order valence-corrected chi connectivity index (χ4v) is 2.89. The molecule has 0 radical (unpaired) electrons. The first kappa shape index (κ1) is 20.1. The molecule has 0 aliphatic carbocycles. The molecule has 8 heteroatoms. The van der Waals surface area contributed by atoms with Gasteiger partial charge in [0.05, 0.1) is 12.8 Å². The average molecular weight is 419 g/mol. The molecular weight excluding hydrogens is 401 g/mol. The number of methoxy groups -OCH3 is 1. The fourth-order valence-electron chi connectivity index (χ4n) is 2.89. The number of benzene rings is 3. The Morgan fingerprint density at radius 3 is 2.68 bits per heavy atom. The number of nitrogens with one attached hydrogen (secondary N) is 1. The van der Waals surface area contributed by atoms with Crippen LogP contribution in [0.25, 0.3) is 22.8 Å². The van der Waals surface area contributed by atoms with Gasteiger partial charge < -0.3 is 19.3 Å². The van der Waals surface area contributed by atoms with E-state index in [2.05, 4.69) is 15.5 Å². The van der Waals surface area contributed by atoms with Crippen LogP contribution >= 0.6 is 0 Å². The largest absolute Gasteiger partial charge is 0.495 e. The maximum Gasteiger partial charge on any atom is 0.262 e. The lowest BCUT2D eigenvalue weighted by atomic mass is 10.2. The Labute approximate surface area is 177 Å². The lowest BCUT2D eigenvalue weighted by Crippen LogP contribution is -2.20. The molecule has 156 valence electrons. The molecule has 0 aliphatic heterocycles. The van der Waals surface area contributed by atoms with Crippen LogP contribution in [-0.2, 0) is 4.79 Å². The summed E-state index contributed by atoms with van der Waals surface area (Å²) in [6, 6.07) is 19.9. The minimum atomic E-state index is -0.390. The number of anilines is 1. The van der Waals surface area contributed by atoms with Gasteiger partial charge in [0.25, 0.3) is 11.8 Å². The maximum atomic E-state index is 13.4. The third-order valence-electron chi connectivity index (χ3n) is 4.34. The van der Waals surface area contributed by atoms with Crippen molar-refractivity contribution in [3.63, 3.8) is 0 Å². The number of carbonyl (C=O) groups is 1. The molecule has 1 aromatic heterocycles. The van der Waals surface area contributed by atoms with Gasteiger partial charge in [0, 0.05) is 11.1 Å². The van der Waals surface area contributed by atoms with Gasteiger partial charge in [-0.3, -0.25) is 4.79 Å². The van der Waals surface area contributed by atoms with E-state index >= 15 is 0 Å². The molecule has 1 heterocycles. The third-order valence-corrected chi connectivity index (χ3v) is 4.34. The van der Waals surface area contributed by atoms with Gasteiger partial charge >= 0.3 is 0 Å². The van der Waals surface area contributed by atoms with Crippen LogP contribution in [0.3, 0.4) is 0 Å². The van der Waals surface area contributed by atoms with Crippen LogP contribution in [0.4, 0.5) is 10.1 Å². The maximum absolute atomic E-state index is 13.4. The van der Waals surface area contributed by atoms with Crippen molar-refractivity contribution in [3.8, 4) is 34.3 Å². The number of para-hydroxylation sites is 2. The number of aromatic nitrogens is 2. The molecule has 0 spiro atoms. The van der Waals surface area contributed by atoms with Crippen molar-refractivity contribution < 1.29 is 23.2 Å². The second kappa shape index (κ2) is 9.08. The molecule has 0 fully saturated rings. The lowest BCUT2D eigenvalue weighted by Gasteiger charge is -2.10. The van der Waals surface area contributed by atoms with E-state index in [1.807, 2.05) is 6.07 Å². The SMILES string of the molecule is COc1ccccc1NC(=O)COc1cccc(-c2noc(-c3cccc(F)c3)n2)c1. The predicted octanol–water partition coefficient (Wildman–Crippen LogP) is 4.57. The molecule has 0 atom stereocenters. The van der Waals surface area contributed by atoms with Gasteiger partial charge in [-0.05, 0) is 42.5 Å². The van der Waals surface area contributed by atoms with Crippen molar-refractivity contribution in [3.05, 3.63) is 78.6 Å². The molecule has 0 unspecified atom stereocenters. The smallest absolute Gasteiger partial charge is 0.262 e. The van der Waals surface area contributed by atoms with Gasteiger partial charge in [-0.1, -0.05) is 35.5 Å². The summed E-state index contributed by atoms with van der Waals surface area (Å²) < 4.78 is 29.5. The Balaban J connectivity index is 1.42. The molecule has 1 N–H and O–H groups in total. The van der Waals surface area contributed by atoms with Crippen molar-refractivity contribution >= 4 is 11.6 Å². The quantitative estimate of drug-likeness (QED) is 0.472. The molecule has 0 saturated carbocycles. The Kier molecular flexibility index (Phi) is 5.89. The summed E-state index contributed by atoms with van der Waals surface area (Å²) in [5, 5.41) is 6.69. The number of halogens is 1. The van der Waals surface area contributed by atoms with Crippen molar-refractivity contribution in [2.45, 2.75) is 0 Å². The Morgan fingerprint density at radius 2 is 1.84 bits per heavy atom. The lowest BCUT2D eigenvalue weighted by molar-refractivity contribution is -0.118. The van der Waals surface area contributed by atoms with E-state index in [1.165, 1.54) is 19.2 Å². The second-order valence-electron chi connectivity index (χ2n) is 6.50. The molecule has 0 bridgehead atoms. The number of carbonyl (C=O) groups excluding carboxylic acids is 1. The highest BCUT2D eigenvalue weighted by Crippen LogP contribution is 2.26. The standard InChI is InChI=1S/C23H18FN3O4/c1-29-20-11-3-2-10-19(20)25-21(28)14-30-18-9-5-6-15(13-18)22-26-23(31-27-22)16-7-4-8-17(24)12-16/h2-13H,14H2,1H3,(H,25,28). The molecular formula is C23H18FN3O4. The Morgan fingerprint density at radius 1 is 1.03 bits per heavy atom. The molecule has 1 amide bonds. The summed E-state index contributed by atoms with van der Waals surface area (Å²) >= 11 is 0. The summed E-state index contributed by atoms with van der Waals surface area (Å²) in [6.45, 7) is -0.192. The second-order valence-corrected chi connectivity index (χ2v) is 6.50. The normalized spacial score (nSPS) is 10.5. The zero-order valence-electron chi connectivity index (χ0n) is 16.5. The Bertz CT molecular complexity index is 1210. The number of rotatable bonds is 7. The number of nitrogens with zero attached hydrogens (tertiary/aromatic N) is 2. The first-order chi connectivity index (χ1) is 15.1. The van der Waals surface area contributed by atoms with Crippen LogP contribution in [0.5, 0.6) is 11.5 Å². The van der Waals surface area contributed by atoms with Crippen LogP contribution in [0.1, 0.15) is 0 Å². The van der Waals surface area contributed by atoms with Gasteiger partial charge in [0.2, 0.25) is 5.82 Å². The highest BCUT2D eigenvalue weighted by atomic mass is 19.1. The number of hydrogen-bond donors (Lipinski definition) is 1. The van der Waals surface area contributed by atoms with E-state index in [4.69, 9.17) is 14.0 Å². The summed E-state index contributed by atoms with van der Waals surface area (Å²) in [5.41, 5.74) is 1.68. The van der Waals surface area contributed by atoms with E-state index < -0.39 is 0 Å². The van der Waals surface area contributed by atoms with Crippen LogP contribution in [0, 0.1) is 5.82 Å². The Hall–Kier alpha value is -4.20. The van der Waals surface area contributed by atoms with E-state index in [-0.39, 0.29) is 24.2 Å². The summed E-state index contributed by atoms with van der Waals surface area (Å²) in [4.78, 5) is 16.5. The zero-order chi connectivity index (χ0) is 21.6. The number of amides is 1. The molecule has 7 nitrogen and oxygen atoms in total. The van der Waals surface area contributed by atoms with Crippen LogP contribution < -0.4 is 14.8 Å². The summed E-state index contributed by atoms with van der Waals surface area (Å²) in [6.07, 6.45) is 0. The fraction of sp³-hybridized carbons (Fsp3) is 0.0870. The molecule has 3 aromatic carbocycles. The number of hydrogen-bond acceptors (Lipinski definition) is 6. The topological polar surface area (TPSA) is 86.5 Å². The highest BCUT2D eigenvalue weighted by molar-refractivity contribution is 5.93. The molecule has 0 aliphatic rings. The van der Waals surface area contributed by atoms with Crippen molar-refractivity contribution in [1.82, 2.24) is 10.1 Å². The summed E-state index contributed by atoms with van der Waals surface area (Å²) in [5.74, 6) is 0.830. The first-order valence-electron chi connectivity index (χ1n) is 9.38. The summed E-state index contributed by atoms with van der Waals surface area (Å²) in [7, 11) is 1.53. The van der Waals surface area contributed by atoms with E-state index in [1.54, 1.807) is 54.6 Å². The van der Waals surface area contributed by atoms with E-state index in [9.17, 15) is 9.18 Å². The highest BCUT2D eigenvalue weighted by Gasteiger charge is 2.13. The predicted molar refractivity (Wildman–Crippen MR) is 112 cm³/mol. The average Bonchev–Trinajstić information content (AvgIpc) is 3.29. The van der Waals surface area contributed by atoms with Crippen molar-refractivity contribution in [2.75, 3.05) is 19.0 Å².